The van der Waals surface area contributed by atoms with Crippen LogP contribution in [0.3, 0.4) is 0 Å². The van der Waals surface area contributed by atoms with E-state index in [2.05, 4.69) is 10.1 Å². The van der Waals surface area contributed by atoms with Crippen LogP contribution in [0.1, 0.15) is 18.4 Å². The molecule has 0 radical (unpaired) electrons. The Kier molecular flexibility index (Phi) is 3.14. The van der Waals surface area contributed by atoms with Crippen LogP contribution in [0.25, 0.3) is 6.08 Å². The third-order valence-electron chi connectivity index (χ3n) is 4.00. The van der Waals surface area contributed by atoms with Gasteiger partial charge in [0.15, 0.2) is 0 Å². The second-order valence-corrected chi connectivity index (χ2v) is 5.12. The summed E-state index contributed by atoms with van der Waals surface area (Å²) in [6.07, 6.45) is 3.98. The first-order valence-electron chi connectivity index (χ1n) is 6.62. The lowest BCUT2D eigenvalue weighted by Crippen LogP contribution is -2.46. The van der Waals surface area contributed by atoms with Crippen molar-refractivity contribution in [1.29, 1.82) is 0 Å². The van der Waals surface area contributed by atoms with E-state index in [9.17, 15) is 15.3 Å². The van der Waals surface area contributed by atoms with E-state index in [1.54, 1.807) is 12.1 Å². The highest BCUT2D eigenvalue weighted by Crippen LogP contribution is 2.33. The Morgan fingerprint density at radius 3 is 2.50 bits per heavy atom. The van der Waals surface area contributed by atoms with E-state index >= 15 is 0 Å². The Hall–Kier alpha value is -2.37. The summed E-state index contributed by atoms with van der Waals surface area (Å²) in [6, 6.07) is 6.39. The molecule has 6 heteroatoms. The molecule has 6 nitrogen and oxygen atoms in total. The minimum atomic E-state index is -0.413. The molecule has 3 aliphatic heterocycles. The maximum absolute atomic E-state index is 10.6. The van der Waals surface area contributed by atoms with Gasteiger partial charge < -0.3 is 10.1 Å². The van der Waals surface area contributed by atoms with E-state index in [-0.39, 0.29) is 5.69 Å². The van der Waals surface area contributed by atoms with Crippen LogP contribution in [0.4, 0.5) is 5.69 Å². The number of oxime groups is 1. The van der Waals surface area contributed by atoms with E-state index in [0.717, 1.165) is 42.9 Å². The monoisotopic (exact) mass is 273 g/mol. The lowest BCUT2D eigenvalue weighted by molar-refractivity contribution is -0.384. The van der Waals surface area contributed by atoms with Gasteiger partial charge in [0.1, 0.15) is 5.71 Å². The van der Waals surface area contributed by atoms with Gasteiger partial charge in [0.25, 0.3) is 5.69 Å². The molecule has 0 spiro atoms. The predicted octanol–water partition coefficient (Wildman–Crippen LogP) is 2.49. The quantitative estimate of drug-likeness (QED) is 0.510. The van der Waals surface area contributed by atoms with Crippen LogP contribution < -0.4 is 0 Å². The van der Waals surface area contributed by atoms with E-state index in [1.807, 2.05) is 6.08 Å². The Balaban J connectivity index is 1.92. The number of non-ortho nitro benzene ring substituents is 1. The molecule has 4 rings (SSSR count). The lowest BCUT2D eigenvalue weighted by Gasteiger charge is -2.42. The molecular weight excluding hydrogens is 258 g/mol. The first kappa shape index (κ1) is 12.7. The van der Waals surface area contributed by atoms with Gasteiger partial charge in [0, 0.05) is 31.1 Å². The fraction of sp³-hybridized carbons (Fsp3) is 0.357. The smallest absolute Gasteiger partial charge is 0.269 e. The highest BCUT2D eigenvalue weighted by Gasteiger charge is 2.35. The molecule has 0 aliphatic carbocycles. The minimum absolute atomic E-state index is 0.0775. The third kappa shape index (κ3) is 2.13. The van der Waals surface area contributed by atoms with Crippen molar-refractivity contribution in [2.45, 2.75) is 12.8 Å². The fourth-order valence-corrected chi connectivity index (χ4v) is 2.91. The highest BCUT2D eigenvalue weighted by atomic mass is 16.6. The summed E-state index contributed by atoms with van der Waals surface area (Å²) < 4.78 is 0. The molecule has 0 amide bonds. The van der Waals surface area contributed by atoms with Gasteiger partial charge in [-0.3, -0.25) is 10.1 Å². The maximum Gasteiger partial charge on any atom is 0.269 e. The molecule has 3 fully saturated rings. The SMILES string of the molecule is O=[N+]([O-])c1ccc(C=C2C(=NO)C3CCN2CC3)cc1. The number of nitro groups is 1. The van der Waals surface area contributed by atoms with Crippen LogP contribution in [-0.4, -0.2) is 33.8 Å². The van der Waals surface area contributed by atoms with E-state index < -0.39 is 4.92 Å². The van der Waals surface area contributed by atoms with Crippen molar-refractivity contribution in [1.82, 2.24) is 4.90 Å². The number of nitro benzene ring substituents is 1. The number of hydrogen-bond acceptors (Lipinski definition) is 5. The molecule has 3 heterocycles. The highest BCUT2D eigenvalue weighted by molar-refractivity contribution is 6.05. The van der Waals surface area contributed by atoms with Crippen LogP contribution in [0.2, 0.25) is 0 Å². The average molecular weight is 273 g/mol. The molecule has 0 atom stereocenters. The second kappa shape index (κ2) is 4.96. The van der Waals surface area contributed by atoms with E-state index in [1.165, 1.54) is 12.1 Å². The summed E-state index contributed by atoms with van der Waals surface area (Å²) in [5.74, 6) is 0.328. The summed E-state index contributed by atoms with van der Waals surface area (Å²) in [5.41, 5.74) is 2.62. The van der Waals surface area contributed by atoms with Crippen molar-refractivity contribution in [3.63, 3.8) is 0 Å². The number of rotatable bonds is 2. The Morgan fingerprint density at radius 2 is 1.95 bits per heavy atom. The molecule has 1 aromatic carbocycles. The van der Waals surface area contributed by atoms with Gasteiger partial charge in [-0.05, 0) is 36.6 Å². The summed E-state index contributed by atoms with van der Waals surface area (Å²) in [7, 11) is 0. The molecule has 3 aliphatic rings. The van der Waals surface area contributed by atoms with Crippen LogP contribution in [0.5, 0.6) is 0 Å². The average Bonchev–Trinajstić information content (AvgIpc) is 2.49. The zero-order valence-corrected chi connectivity index (χ0v) is 10.9. The number of nitrogens with zero attached hydrogens (tertiary/aromatic N) is 3. The van der Waals surface area contributed by atoms with Gasteiger partial charge in [-0.2, -0.15) is 0 Å². The van der Waals surface area contributed by atoms with Gasteiger partial charge in [-0.15, -0.1) is 0 Å². The van der Waals surface area contributed by atoms with Crippen molar-refractivity contribution in [2.24, 2.45) is 11.1 Å². The predicted molar refractivity (Wildman–Crippen MR) is 74.6 cm³/mol. The molecule has 2 bridgehead atoms. The molecule has 1 N–H and O–H groups in total. The van der Waals surface area contributed by atoms with Crippen molar-refractivity contribution in [2.75, 3.05) is 13.1 Å². The molecule has 0 saturated carbocycles. The molecular formula is C14H15N3O3. The number of allylic oxidation sites excluding steroid dienone is 1. The van der Waals surface area contributed by atoms with Gasteiger partial charge >= 0.3 is 0 Å². The van der Waals surface area contributed by atoms with Crippen LogP contribution in [0, 0.1) is 16.0 Å². The van der Waals surface area contributed by atoms with Crippen molar-refractivity contribution < 1.29 is 10.1 Å². The van der Waals surface area contributed by atoms with Crippen LogP contribution >= 0.6 is 0 Å². The molecule has 20 heavy (non-hydrogen) atoms. The number of piperidine rings is 3. The first-order chi connectivity index (χ1) is 9.69. The third-order valence-corrected chi connectivity index (χ3v) is 4.00. The van der Waals surface area contributed by atoms with E-state index in [4.69, 9.17) is 0 Å². The second-order valence-electron chi connectivity index (χ2n) is 5.12. The summed E-state index contributed by atoms with van der Waals surface area (Å²) in [6.45, 7) is 1.95. The van der Waals surface area contributed by atoms with Gasteiger partial charge in [0.05, 0.1) is 10.6 Å². The standard InChI is InChI=1S/C14H15N3O3/c18-15-14-11-5-7-16(8-6-11)13(14)9-10-1-3-12(4-2-10)17(19)20/h1-4,9,11,18H,5-8H2. The van der Waals surface area contributed by atoms with Crippen LogP contribution in [0.15, 0.2) is 35.1 Å². The molecule has 0 unspecified atom stereocenters. The summed E-state index contributed by atoms with van der Waals surface area (Å²) in [4.78, 5) is 12.4. The minimum Gasteiger partial charge on any atom is -0.411 e. The summed E-state index contributed by atoms with van der Waals surface area (Å²) in [5, 5.41) is 23.3. The maximum atomic E-state index is 10.6. The van der Waals surface area contributed by atoms with Crippen molar-refractivity contribution in [3.8, 4) is 0 Å². The Labute approximate surface area is 116 Å². The number of hydrogen-bond donors (Lipinski definition) is 1. The van der Waals surface area contributed by atoms with Crippen molar-refractivity contribution >= 4 is 17.5 Å². The number of benzene rings is 1. The largest absolute Gasteiger partial charge is 0.411 e. The van der Waals surface area contributed by atoms with Crippen molar-refractivity contribution in [3.05, 3.63) is 45.6 Å². The molecule has 104 valence electrons. The van der Waals surface area contributed by atoms with Gasteiger partial charge in [0.2, 0.25) is 0 Å². The topological polar surface area (TPSA) is 79.0 Å². The number of fused-ring (bicyclic) bond motifs is 3. The Morgan fingerprint density at radius 1 is 1.30 bits per heavy atom. The summed E-state index contributed by atoms with van der Waals surface area (Å²) >= 11 is 0. The molecule has 0 aromatic heterocycles. The van der Waals surface area contributed by atoms with Gasteiger partial charge in [-0.25, -0.2) is 0 Å². The van der Waals surface area contributed by atoms with Gasteiger partial charge in [-0.1, -0.05) is 5.16 Å². The fourth-order valence-electron chi connectivity index (χ4n) is 2.91. The molecule has 1 aromatic rings. The normalized spacial score (nSPS) is 22.7. The zero-order chi connectivity index (χ0) is 14.1. The molecule has 3 saturated heterocycles. The Bertz CT molecular complexity index is 584. The first-order valence-corrected chi connectivity index (χ1v) is 6.62. The van der Waals surface area contributed by atoms with Crippen LogP contribution in [-0.2, 0) is 0 Å². The lowest BCUT2D eigenvalue weighted by atomic mass is 9.83. The zero-order valence-electron chi connectivity index (χ0n) is 10.9. The van der Waals surface area contributed by atoms with E-state index in [0.29, 0.717) is 5.92 Å².